The summed E-state index contributed by atoms with van der Waals surface area (Å²) < 4.78 is 0. The summed E-state index contributed by atoms with van der Waals surface area (Å²) >= 11 is 0. The van der Waals surface area contributed by atoms with Gasteiger partial charge in [-0.1, -0.05) is 38.2 Å². The number of allylic oxidation sites excluding steroid dienone is 1. The molecule has 0 bridgehead atoms. The van der Waals surface area contributed by atoms with Crippen LogP contribution in [0.4, 0.5) is 0 Å². The van der Waals surface area contributed by atoms with Gasteiger partial charge in [0.1, 0.15) is 0 Å². The SMILES string of the molecule is C=C(C)CNCCC(C)C(=C)CC. The Morgan fingerprint density at radius 3 is 2.46 bits per heavy atom. The highest BCUT2D eigenvalue weighted by molar-refractivity contribution is 4.98. The van der Waals surface area contributed by atoms with E-state index in [0.717, 1.165) is 19.5 Å². The molecule has 0 spiro atoms. The molecule has 1 nitrogen and oxygen atoms in total. The van der Waals surface area contributed by atoms with E-state index in [0.29, 0.717) is 5.92 Å². The Morgan fingerprint density at radius 2 is 2.00 bits per heavy atom. The lowest BCUT2D eigenvalue weighted by atomic mass is 9.97. The lowest BCUT2D eigenvalue weighted by Gasteiger charge is -2.13. The Kier molecular flexibility index (Phi) is 6.61. The summed E-state index contributed by atoms with van der Waals surface area (Å²) in [5, 5.41) is 3.35. The van der Waals surface area contributed by atoms with Crippen molar-refractivity contribution in [3.63, 3.8) is 0 Å². The first-order valence-electron chi connectivity index (χ1n) is 5.10. The third-order valence-corrected chi connectivity index (χ3v) is 2.33. The van der Waals surface area contributed by atoms with E-state index in [4.69, 9.17) is 0 Å². The molecule has 1 unspecified atom stereocenters. The maximum Gasteiger partial charge on any atom is 0.0159 e. The van der Waals surface area contributed by atoms with Crippen LogP contribution in [-0.4, -0.2) is 13.1 Å². The largest absolute Gasteiger partial charge is 0.313 e. The molecular formula is C12H23N. The highest BCUT2D eigenvalue weighted by Gasteiger charge is 2.03. The summed E-state index contributed by atoms with van der Waals surface area (Å²) in [5.41, 5.74) is 2.55. The molecule has 0 saturated carbocycles. The van der Waals surface area contributed by atoms with Gasteiger partial charge >= 0.3 is 0 Å². The molecule has 0 aromatic carbocycles. The zero-order valence-electron chi connectivity index (χ0n) is 9.32. The molecule has 0 amide bonds. The van der Waals surface area contributed by atoms with Gasteiger partial charge in [-0.15, -0.1) is 0 Å². The molecular weight excluding hydrogens is 158 g/mol. The van der Waals surface area contributed by atoms with Crippen molar-refractivity contribution in [3.05, 3.63) is 24.3 Å². The predicted octanol–water partition coefficient (Wildman–Crippen LogP) is 3.14. The lowest BCUT2D eigenvalue weighted by molar-refractivity contribution is 0.560. The molecule has 0 aromatic rings. The van der Waals surface area contributed by atoms with Crippen molar-refractivity contribution in [2.24, 2.45) is 5.92 Å². The van der Waals surface area contributed by atoms with E-state index >= 15 is 0 Å². The smallest absolute Gasteiger partial charge is 0.0159 e. The summed E-state index contributed by atoms with van der Waals surface area (Å²) in [6.07, 6.45) is 2.28. The Hall–Kier alpha value is -0.560. The third-order valence-electron chi connectivity index (χ3n) is 2.33. The van der Waals surface area contributed by atoms with Gasteiger partial charge < -0.3 is 5.32 Å². The van der Waals surface area contributed by atoms with Gasteiger partial charge in [-0.05, 0) is 32.2 Å². The van der Waals surface area contributed by atoms with E-state index in [-0.39, 0.29) is 0 Å². The summed E-state index contributed by atoms with van der Waals surface area (Å²) in [7, 11) is 0. The quantitative estimate of drug-likeness (QED) is 0.470. The molecule has 1 heteroatoms. The van der Waals surface area contributed by atoms with Gasteiger partial charge in [-0.2, -0.15) is 0 Å². The van der Waals surface area contributed by atoms with Gasteiger partial charge in [0, 0.05) is 6.54 Å². The van der Waals surface area contributed by atoms with Crippen LogP contribution in [0.15, 0.2) is 24.3 Å². The van der Waals surface area contributed by atoms with Crippen LogP contribution >= 0.6 is 0 Å². The standard InChI is InChI=1S/C12H23N/c1-6-11(4)12(5)7-8-13-9-10(2)3/h12-13H,2,4,6-9H2,1,3,5H3. The van der Waals surface area contributed by atoms with E-state index < -0.39 is 0 Å². The summed E-state index contributed by atoms with van der Waals surface area (Å²) in [6.45, 7) is 16.3. The molecule has 76 valence electrons. The Labute approximate surface area is 82.9 Å². The van der Waals surface area contributed by atoms with E-state index in [1.165, 1.54) is 17.6 Å². The lowest BCUT2D eigenvalue weighted by Crippen LogP contribution is -2.19. The van der Waals surface area contributed by atoms with Gasteiger partial charge in [-0.3, -0.25) is 0 Å². The average Bonchev–Trinajstić information content (AvgIpc) is 2.10. The van der Waals surface area contributed by atoms with Crippen molar-refractivity contribution < 1.29 is 0 Å². The van der Waals surface area contributed by atoms with E-state index in [9.17, 15) is 0 Å². The Morgan fingerprint density at radius 1 is 1.38 bits per heavy atom. The first-order chi connectivity index (χ1) is 6.07. The maximum atomic E-state index is 4.04. The highest BCUT2D eigenvalue weighted by Crippen LogP contribution is 2.14. The fourth-order valence-corrected chi connectivity index (χ4v) is 1.17. The van der Waals surface area contributed by atoms with Crippen LogP contribution in [0.25, 0.3) is 0 Å². The van der Waals surface area contributed by atoms with Crippen LogP contribution in [-0.2, 0) is 0 Å². The van der Waals surface area contributed by atoms with Gasteiger partial charge in [-0.25, -0.2) is 0 Å². The van der Waals surface area contributed by atoms with E-state index in [1.807, 2.05) is 6.92 Å². The maximum absolute atomic E-state index is 4.04. The number of hydrogen-bond acceptors (Lipinski definition) is 1. The third kappa shape index (κ3) is 6.59. The van der Waals surface area contributed by atoms with Gasteiger partial charge in [0.25, 0.3) is 0 Å². The fourth-order valence-electron chi connectivity index (χ4n) is 1.17. The second kappa shape index (κ2) is 6.90. The Balaban J connectivity index is 3.42. The molecule has 0 saturated heterocycles. The first-order valence-corrected chi connectivity index (χ1v) is 5.10. The molecule has 0 aliphatic rings. The number of rotatable bonds is 7. The van der Waals surface area contributed by atoms with E-state index in [1.54, 1.807) is 0 Å². The predicted molar refractivity (Wildman–Crippen MR) is 60.9 cm³/mol. The second-order valence-corrected chi connectivity index (χ2v) is 3.84. The fraction of sp³-hybridized carbons (Fsp3) is 0.667. The van der Waals surface area contributed by atoms with Crippen molar-refractivity contribution >= 4 is 0 Å². The molecule has 0 fully saturated rings. The molecule has 1 N–H and O–H groups in total. The molecule has 0 radical (unpaired) electrons. The molecule has 0 aromatic heterocycles. The van der Waals surface area contributed by atoms with Crippen molar-refractivity contribution in [1.82, 2.24) is 5.32 Å². The summed E-state index contributed by atoms with van der Waals surface area (Å²) in [4.78, 5) is 0. The zero-order chi connectivity index (χ0) is 10.3. The monoisotopic (exact) mass is 181 g/mol. The first kappa shape index (κ1) is 12.4. The summed E-state index contributed by atoms with van der Waals surface area (Å²) in [6, 6.07) is 0. The van der Waals surface area contributed by atoms with Gasteiger partial charge in [0.15, 0.2) is 0 Å². The van der Waals surface area contributed by atoms with Crippen LogP contribution in [0, 0.1) is 5.92 Å². The highest BCUT2D eigenvalue weighted by atomic mass is 14.8. The van der Waals surface area contributed by atoms with Crippen LogP contribution < -0.4 is 5.32 Å². The van der Waals surface area contributed by atoms with Crippen LogP contribution in [0.3, 0.4) is 0 Å². The number of hydrogen-bond donors (Lipinski definition) is 1. The average molecular weight is 181 g/mol. The van der Waals surface area contributed by atoms with Crippen molar-refractivity contribution in [2.75, 3.05) is 13.1 Å². The van der Waals surface area contributed by atoms with Gasteiger partial charge in [0.05, 0.1) is 0 Å². The minimum atomic E-state index is 0.641. The molecule has 0 rings (SSSR count). The van der Waals surface area contributed by atoms with Crippen LogP contribution in [0.1, 0.15) is 33.6 Å². The minimum Gasteiger partial charge on any atom is -0.313 e. The minimum absolute atomic E-state index is 0.641. The number of nitrogens with one attached hydrogen (secondary N) is 1. The normalized spacial score (nSPS) is 12.5. The Bertz CT molecular complexity index is 170. The second-order valence-electron chi connectivity index (χ2n) is 3.84. The topological polar surface area (TPSA) is 12.0 Å². The molecule has 0 aliphatic heterocycles. The molecule has 1 atom stereocenters. The van der Waals surface area contributed by atoms with Crippen molar-refractivity contribution in [1.29, 1.82) is 0 Å². The van der Waals surface area contributed by atoms with Crippen molar-refractivity contribution in [3.8, 4) is 0 Å². The van der Waals surface area contributed by atoms with E-state index in [2.05, 4.69) is 32.3 Å². The summed E-state index contributed by atoms with van der Waals surface area (Å²) in [5.74, 6) is 0.641. The molecule has 0 aliphatic carbocycles. The van der Waals surface area contributed by atoms with Crippen molar-refractivity contribution in [2.45, 2.75) is 33.6 Å². The van der Waals surface area contributed by atoms with Crippen LogP contribution in [0.2, 0.25) is 0 Å². The van der Waals surface area contributed by atoms with Crippen LogP contribution in [0.5, 0.6) is 0 Å². The zero-order valence-corrected chi connectivity index (χ0v) is 9.32. The van der Waals surface area contributed by atoms with Gasteiger partial charge in [0.2, 0.25) is 0 Å². The molecule has 0 heterocycles. The molecule has 13 heavy (non-hydrogen) atoms.